The summed E-state index contributed by atoms with van der Waals surface area (Å²) in [4.78, 5) is 15.7. The number of carbonyl (C=O) groups excluding carboxylic acids is 1. The zero-order valence-corrected chi connectivity index (χ0v) is 18.9. The number of nitrogens with one attached hydrogen (secondary N) is 1. The number of anilines is 1. The molecule has 3 nitrogen and oxygen atoms in total. The predicted molar refractivity (Wildman–Crippen MR) is 116 cm³/mol. The highest BCUT2D eigenvalue weighted by Crippen LogP contribution is 2.64. The number of hydrogen-bond donors (Lipinski definition) is 1. The number of hydrogen-bond acceptors (Lipinski definition) is 2. The summed E-state index contributed by atoms with van der Waals surface area (Å²) in [7, 11) is 0. The fourth-order valence-electron chi connectivity index (χ4n) is 6.75. The first-order valence-corrected chi connectivity index (χ1v) is 12.0. The van der Waals surface area contributed by atoms with E-state index in [1.54, 1.807) is 0 Å². The van der Waals surface area contributed by atoms with Crippen LogP contribution in [0.3, 0.4) is 0 Å². The number of amides is 1. The van der Waals surface area contributed by atoms with Gasteiger partial charge in [-0.2, -0.15) is 0 Å². The van der Waals surface area contributed by atoms with Crippen LogP contribution in [-0.4, -0.2) is 29.9 Å². The van der Waals surface area contributed by atoms with Gasteiger partial charge in [0.15, 0.2) is 0 Å². The Morgan fingerprint density at radius 1 is 1.22 bits per heavy atom. The number of alkyl halides is 1. The van der Waals surface area contributed by atoms with Gasteiger partial charge >= 0.3 is 0 Å². The second kappa shape index (κ2) is 6.76. The van der Waals surface area contributed by atoms with Crippen LogP contribution in [0, 0.1) is 23.2 Å². The molecule has 0 spiro atoms. The molecule has 4 bridgehead atoms. The van der Waals surface area contributed by atoms with Gasteiger partial charge < -0.3 is 10.2 Å². The Labute approximate surface area is 178 Å². The zero-order chi connectivity index (χ0) is 18.6. The van der Waals surface area contributed by atoms with E-state index in [0.29, 0.717) is 11.8 Å². The highest BCUT2D eigenvalue weighted by molar-refractivity contribution is 9.10. The molecule has 5 heteroatoms. The number of halogens is 2. The van der Waals surface area contributed by atoms with Crippen LogP contribution in [0.15, 0.2) is 28.7 Å². The maximum absolute atomic E-state index is 13.2. The molecular formula is C22H28Br2N2O. The van der Waals surface area contributed by atoms with Gasteiger partial charge in [0.05, 0.1) is 5.41 Å². The van der Waals surface area contributed by atoms with Crippen LogP contribution in [0.4, 0.5) is 5.69 Å². The molecule has 3 unspecified atom stereocenters. The van der Waals surface area contributed by atoms with Crippen molar-refractivity contribution < 1.29 is 4.79 Å². The van der Waals surface area contributed by atoms with Crippen molar-refractivity contribution in [2.75, 3.05) is 24.5 Å². The second-order valence-corrected chi connectivity index (χ2v) is 12.3. The molecule has 5 fully saturated rings. The van der Waals surface area contributed by atoms with Crippen LogP contribution in [0.2, 0.25) is 0 Å². The van der Waals surface area contributed by atoms with Gasteiger partial charge in [-0.05, 0) is 80.9 Å². The summed E-state index contributed by atoms with van der Waals surface area (Å²) in [6.07, 6.45) is 8.37. The summed E-state index contributed by atoms with van der Waals surface area (Å²) in [5, 5.41) is 3.39. The Morgan fingerprint density at radius 2 is 2.00 bits per heavy atom. The number of benzene rings is 1. The Morgan fingerprint density at radius 3 is 2.70 bits per heavy atom. The van der Waals surface area contributed by atoms with E-state index in [9.17, 15) is 4.79 Å². The van der Waals surface area contributed by atoms with Crippen LogP contribution in [-0.2, 0) is 4.79 Å². The predicted octanol–water partition coefficient (Wildman–Crippen LogP) is 5.13. The minimum atomic E-state index is -0.0871. The van der Waals surface area contributed by atoms with E-state index < -0.39 is 0 Å². The molecule has 4 saturated carbocycles. The average Bonchev–Trinajstić information content (AvgIpc) is 3.06. The Balaban J connectivity index is 1.19. The van der Waals surface area contributed by atoms with Gasteiger partial charge in [0.25, 0.3) is 0 Å². The lowest BCUT2D eigenvalue weighted by atomic mass is 9.49. The highest BCUT2D eigenvalue weighted by atomic mass is 79.9. The van der Waals surface area contributed by atoms with E-state index in [0.717, 1.165) is 61.6 Å². The third kappa shape index (κ3) is 3.48. The summed E-state index contributed by atoms with van der Waals surface area (Å²) >= 11 is 7.59. The van der Waals surface area contributed by atoms with E-state index in [1.807, 2.05) is 0 Å². The molecule has 1 N–H and O–H groups in total. The second-order valence-electron chi connectivity index (χ2n) is 9.68. The van der Waals surface area contributed by atoms with Gasteiger partial charge in [0.2, 0.25) is 5.91 Å². The standard InChI is InChI=1S/C22H28Br2N2O/c23-18-2-1-3-19(7-18)26-5-4-15(13-26)12-25-20(27)21-8-16-6-17(9-21)11-22(24,10-16)14-21/h1-3,7,15-17H,4-6,8-14H2,(H,25,27). The molecule has 4 aliphatic carbocycles. The number of nitrogens with zero attached hydrogens (tertiary/aromatic N) is 1. The maximum atomic E-state index is 13.2. The lowest BCUT2D eigenvalue weighted by molar-refractivity contribution is -0.144. The van der Waals surface area contributed by atoms with Crippen molar-refractivity contribution >= 4 is 43.5 Å². The summed E-state index contributed by atoms with van der Waals surface area (Å²) in [6, 6.07) is 8.53. The Hall–Kier alpha value is -0.550. The molecule has 6 rings (SSSR count). The van der Waals surface area contributed by atoms with E-state index >= 15 is 0 Å². The van der Waals surface area contributed by atoms with E-state index in [-0.39, 0.29) is 9.74 Å². The van der Waals surface area contributed by atoms with Crippen LogP contribution in [0.5, 0.6) is 0 Å². The van der Waals surface area contributed by atoms with Gasteiger partial charge in [-0.3, -0.25) is 4.79 Å². The fraction of sp³-hybridized carbons (Fsp3) is 0.682. The van der Waals surface area contributed by atoms with Gasteiger partial charge in [0.1, 0.15) is 0 Å². The van der Waals surface area contributed by atoms with Crippen molar-refractivity contribution in [1.82, 2.24) is 5.32 Å². The molecular weight excluding hydrogens is 468 g/mol. The molecule has 0 radical (unpaired) electrons. The molecule has 146 valence electrons. The van der Waals surface area contributed by atoms with Crippen molar-refractivity contribution in [3.8, 4) is 0 Å². The molecule has 3 atom stereocenters. The van der Waals surface area contributed by atoms with Crippen LogP contribution in [0.1, 0.15) is 44.9 Å². The molecule has 1 aliphatic heterocycles. The van der Waals surface area contributed by atoms with Crippen LogP contribution in [0.25, 0.3) is 0 Å². The summed E-state index contributed by atoms with van der Waals surface area (Å²) < 4.78 is 1.38. The van der Waals surface area contributed by atoms with Gasteiger partial charge in [-0.15, -0.1) is 0 Å². The molecule has 1 amide bonds. The Kier molecular flexibility index (Phi) is 4.62. The maximum Gasteiger partial charge on any atom is 0.226 e. The average molecular weight is 496 g/mol. The molecule has 27 heavy (non-hydrogen) atoms. The first kappa shape index (κ1) is 18.5. The Bertz CT molecular complexity index is 738. The van der Waals surface area contributed by atoms with Crippen LogP contribution >= 0.6 is 31.9 Å². The van der Waals surface area contributed by atoms with Gasteiger partial charge in [-0.25, -0.2) is 0 Å². The normalized spacial score (nSPS) is 39.8. The summed E-state index contributed by atoms with van der Waals surface area (Å²) in [6.45, 7) is 2.95. The quantitative estimate of drug-likeness (QED) is 0.587. The SMILES string of the molecule is O=C(NCC1CCN(c2cccc(Br)c2)C1)C12CC3CC(CC(Br)(C3)C1)C2. The van der Waals surface area contributed by atoms with Crippen molar-refractivity contribution in [1.29, 1.82) is 0 Å². The van der Waals surface area contributed by atoms with Gasteiger partial charge in [0, 0.05) is 34.1 Å². The third-order valence-corrected chi connectivity index (χ3v) is 8.90. The molecule has 1 aromatic rings. The number of carbonyl (C=O) groups is 1. The minimum Gasteiger partial charge on any atom is -0.371 e. The summed E-state index contributed by atoms with van der Waals surface area (Å²) in [5.74, 6) is 2.42. The molecule has 5 aliphatic rings. The zero-order valence-electron chi connectivity index (χ0n) is 15.7. The first-order valence-electron chi connectivity index (χ1n) is 10.4. The highest BCUT2D eigenvalue weighted by Gasteiger charge is 2.59. The smallest absolute Gasteiger partial charge is 0.226 e. The summed E-state index contributed by atoms with van der Waals surface area (Å²) in [5.41, 5.74) is 1.19. The number of rotatable bonds is 4. The van der Waals surface area contributed by atoms with Crippen molar-refractivity contribution in [3.63, 3.8) is 0 Å². The molecule has 0 aromatic heterocycles. The molecule has 1 aromatic carbocycles. The minimum absolute atomic E-state index is 0.0871. The largest absolute Gasteiger partial charge is 0.371 e. The van der Waals surface area contributed by atoms with E-state index in [1.165, 1.54) is 24.9 Å². The van der Waals surface area contributed by atoms with Crippen molar-refractivity contribution in [3.05, 3.63) is 28.7 Å². The molecule has 1 saturated heterocycles. The lowest BCUT2D eigenvalue weighted by Gasteiger charge is -2.59. The van der Waals surface area contributed by atoms with E-state index in [4.69, 9.17) is 0 Å². The third-order valence-electron chi connectivity index (χ3n) is 7.48. The van der Waals surface area contributed by atoms with Crippen LogP contribution < -0.4 is 10.2 Å². The van der Waals surface area contributed by atoms with E-state index in [2.05, 4.69) is 66.3 Å². The van der Waals surface area contributed by atoms with Crippen molar-refractivity contribution in [2.45, 2.75) is 49.3 Å². The topological polar surface area (TPSA) is 32.3 Å². The monoisotopic (exact) mass is 494 g/mol. The first-order chi connectivity index (χ1) is 12.9. The van der Waals surface area contributed by atoms with Gasteiger partial charge in [-0.1, -0.05) is 37.9 Å². The van der Waals surface area contributed by atoms with Crippen molar-refractivity contribution in [2.24, 2.45) is 23.2 Å². The lowest BCUT2D eigenvalue weighted by Crippen LogP contribution is -2.58. The molecule has 1 heterocycles. The fourth-order valence-corrected chi connectivity index (χ4v) is 8.59.